The summed E-state index contributed by atoms with van der Waals surface area (Å²) in [5.41, 5.74) is -0.587. The topological polar surface area (TPSA) is 62.6 Å². The molecule has 0 saturated carbocycles. The Kier molecular flexibility index (Phi) is 4.14. The Balaban J connectivity index is 2.95. The fourth-order valence-corrected chi connectivity index (χ4v) is 2.72. The van der Waals surface area contributed by atoms with Gasteiger partial charge in [0.25, 0.3) is 0 Å². The summed E-state index contributed by atoms with van der Waals surface area (Å²) in [5, 5.41) is 5.89. The van der Waals surface area contributed by atoms with Crippen LogP contribution in [-0.2, 0) is 9.59 Å². The summed E-state index contributed by atoms with van der Waals surface area (Å²) in [6, 6.07) is 0.407. The van der Waals surface area contributed by atoms with Crippen LogP contribution in [0.3, 0.4) is 0 Å². The minimum atomic E-state index is -0.587. The van der Waals surface area contributed by atoms with Crippen molar-refractivity contribution in [2.45, 2.75) is 45.8 Å². The molecule has 1 unspecified atom stereocenters. The summed E-state index contributed by atoms with van der Waals surface area (Å²) in [5.74, 6) is 0.0150. The van der Waals surface area contributed by atoms with Gasteiger partial charge in [0.05, 0.1) is 19.6 Å². The van der Waals surface area contributed by atoms with Gasteiger partial charge in [-0.25, -0.2) is 0 Å². The molecule has 1 aliphatic heterocycles. The number of nitrogens with one attached hydrogen (secondary N) is 3. The zero-order valence-corrected chi connectivity index (χ0v) is 11.4. The van der Waals surface area contributed by atoms with Crippen molar-refractivity contribution in [3.63, 3.8) is 0 Å². The summed E-state index contributed by atoms with van der Waals surface area (Å²) in [7, 11) is 2.15. The van der Waals surface area contributed by atoms with Crippen LogP contribution in [0.1, 0.15) is 34.1 Å². The molecular formula is C12H24N3O2+. The van der Waals surface area contributed by atoms with Crippen LogP contribution in [0.5, 0.6) is 0 Å². The summed E-state index contributed by atoms with van der Waals surface area (Å²) >= 11 is 0. The van der Waals surface area contributed by atoms with Gasteiger partial charge < -0.3 is 15.5 Å². The number of amides is 2. The van der Waals surface area contributed by atoms with Crippen molar-refractivity contribution in [1.82, 2.24) is 10.6 Å². The molecule has 0 radical (unpaired) electrons. The summed E-state index contributed by atoms with van der Waals surface area (Å²) < 4.78 is 0. The Bertz CT molecular complexity index is 301. The van der Waals surface area contributed by atoms with Gasteiger partial charge in [-0.3, -0.25) is 9.59 Å². The Morgan fingerprint density at radius 3 is 2.06 bits per heavy atom. The van der Waals surface area contributed by atoms with Crippen LogP contribution in [0.2, 0.25) is 0 Å². The normalized spacial score (nSPS) is 31.7. The zero-order valence-electron chi connectivity index (χ0n) is 11.4. The fraction of sp³-hybridized carbons (Fsp3) is 0.833. The number of quaternary nitrogens is 1. The Morgan fingerprint density at radius 1 is 1.18 bits per heavy atom. The molecule has 3 N–H and O–H groups in total. The van der Waals surface area contributed by atoms with Gasteiger partial charge in [0, 0.05) is 26.2 Å². The second kappa shape index (κ2) is 5.04. The van der Waals surface area contributed by atoms with Gasteiger partial charge >= 0.3 is 0 Å². The minimum absolute atomic E-state index is 0.0997. The van der Waals surface area contributed by atoms with E-state index in [-0.39, 0.29) is 17.7 Å². The second-order valence-corrected chi connectivity index (χ2v) is 5.39. The lowest BCUT2D eigenvalue weighted by atomic mass is 9.82. The molecule has 1 rings (SSSR count). The molecule has 0 aliphatic carbocycles. The van der Waals surface area contributed by atoms with Gasteiger partial charge in [0.1, 0.15) is 5.66 Å². The largest absolute Gasteiger partial charge is 0.335 e. The van der Waals surface area contributed by atoms with Crippen molar-refractivity contribution in [3.05, 3.63) is 0 Å². The monoisotopic (exact) mass is 242 g/mol. The third kappa shape index (κ3) is 3.19. The van der Waals surface area contributed by atoms with Crippen LogP contribution in [0, 0.1) is 5.92 Å². The molecule has 1 fully saturated rings. The highest BCUT2D eigenvalue weighted by molar-refractivity contribution is 5.77. The van der Waals surface area contributed by atoms with Crippen LogP contribution < -0.4 is 15.5 Å². The van der Waals surface area contributed by atoms with Gasteiger partial charge in [-0.05, 0) is 6.92 Å². The molecule has 5 nitrogen and oxygen atoms in total. The van der Waals surface area contributed by atoms with Crippen LogP contribution in [0.15, 0.2) is 0 Å². The van der Waals surface area contributed by atoms with Gasteiger partial charge in [0.2, 0.25) is 11.8 Å². The molecule has 0 aromatic rings. The molecule has 1 heterocycles. The molecular weight excluding hydrogens is 218 g/mol. The molecule has 0 spiro atoms. The predicted molar refractivity (Wildman–Crippen MR) is 65.4 cm³/mol. The highest BCUT2D eigenvalue weighted by atomic mass is 16.2. The van der Waals surface area contributed by atoms with E-state index in [2.05, 4.69) is 31.5 Å². The molecule has 3 atom stereocenters. The smallest absolute Gasteiger partial charge is 0.218 e. The van der Waals surface area contributed by atoms with Crippen molar-refractivity contribution in [1.29, 1.82) is 0 Å². The maximum Gasteiger partial charge on any atom is 0.218 e. The third-order valence-corrected chi connectivity index (χ3v) is 3.74. The van der Waals surface area contributed by atoms with E-state index in [0.717, 1.165) is 13.0 Å². The molecule has 0 aromatic carbocycles. The molecule has 5 heteroatoms. The first-order valence-corrected chi connectivity index (χ1v) is 6.16. The SMILES string of the molecule is CC(=O)NC1(NC(C)=O)C[C@@H](C)[NH+](C)C[C@H]1C. The van der Waals surface area contributed by atoms with Gasteiger partial charge in [-0.1, -0.05) is 6.92 Å². The zero-order chi connectivity index (χ0) is 13.2. The number of carbonyl (C=O) groups is 2. The van der Waals surface area contributed by atoms with Gasteiger partial charge in [-0.2, -0.15) is 0 Å². The number of rotatable bonds is 2. The van der Waals surface area contributed by atoms with E-state index < -0.39 is 5.66 Å². The van der Waals surface area contributed by atoms with Gasteiger partial charge in [-0.15, -0.1) is 0 Å². The van der Waals surface area contributed by atoms with E-state index >= 15 is 0 Å². The maximum absolute atomic E-state index is 11.4. The quantitative estimate of drug-likeness (QED) is 0.538. The molecule has 98 valence electrons. The lowest BCUT2D eigenvalue weighted by Gasteiger charge is -2.47. The standard InChI is InChI=1S/C12H23N3O2/c1-8-7-15(5)9(2)6-12(8,13-10(3)16)14-11(4)17/h8-9H,6-7H2,1-5H3,(H,13,16)(H,14,17)/p+1/t8-,9-/m1/s1. The Labute approximate surface area is 103 Å². The lowest BCUT2D eigenvalue weighted by molar-refractivity contribution is -0.914. The number of piperidine rings is 1. The maximum atomic E-state index is 11.4. The van der Waals surface area contributed by atoms with Crippen LogP contribution in [-0.4, -0.2) is 37.1 Å². The van der Waals surface area contributed by atoms with E-state index in [1.54, 1.807) is 0 Å². The lowest BCUT2D eigenvalue weighted by Crippen LogP contribution is -3.16. The molecule has 0 bridgehead atoms. The van der Waals surface area contributed by atoms with Crippen LogP contribution in [0.4, 0.5) is 0 Å². The summed E-state index contributed by atoms with van der Waals surface area (Å²) in [6.45, 7) is 8.13. The first-order chi connectivity index (χ1) is 7.77. The minimum Gasteiger partial charge on any atom is -0.335 e. The molecule has 1 aliphatic rings. The highest BCUT2D eigenvalue weighted by Gasteiger charge is 2.46. The summed E-state index contributed by atoms with van der Waals surface area (Å²) in [4.78, 5) is 24.2. The second-order valence-electron chi connectivity index (χ2n) is 5.39. The third-order valence-electron chi connectivity index (χ3n) is 3.74. The van der Waals surface area contributed by atoms with Crippen molar-refractivity contribution in [2.75, 3.05) is 13.6 Å². The number of carbonyl (C=O) groups excluding carboxylic acids is 2. The molecule has 17 heavy (non-hydrogen) atoms. The average Bonchev–Trinajstić information content (AvgIpc) is 2.12. The number of hydrogen-bond donors (Lipinski definition) is 3. The van der Waals surface area contributed by atoms with Crippen molar-refractivity contribution in [2.24, 2.45) is 5.92 Å². The van der Waals surface area contributed by atoms with Gasteiger partial charge in [0.15, 0.2) is 0 Å². The first kappa shape index (κ1) is 14.0. The number of hydrogen-bond acceptors (Lipinski definition) is 2. The van der Waals surface area contributed by atoms with Crippen LogP contribution >= 0.6 is 0 Å². The van der Waals surface area contributed by atoms with E-state index in [1.807, 2.05) is 0 Å². The van der Waals surface area contributed by atoms with E-state index in [9.17, 15) is 9.59 Å². The summed E-state index contributed by atoms with van der Waals surface area (Å²) in [6.07, 6.45) is 0.763. The van der Waals surface area contributed by atoms with Crippen molar-refractivity contribution in [3.8, 4) is 0 Å². The van der Waals surface area contributed by atoms with Crippen molar-refractivity contribution < 1.29 is 14.5 Å². The van der Waals surface area contributed by atoms with Crippen molar-refractivity contribution >= 4 is 11.8 Å². The highest BCUT2D eigenvalue weighted by Crippen LogP contribution is 2.22. The Hall–Kier alpha value is -1.10. The molecule has 0 aromatic heterocycles. The molecule has 2 amide bonds. The van der Waals surface area contributed by atoms with E-state index in [4.69, 9.17) is 0 Å². The number of likely N-dealkylation sites (tertiary alicyclic amines) is 1. The van der Waals surface area contributed by atoms with E-state index in [0.29, 0.717) is 6.04 Å². The first-order valence-electron chi connectivity index (χ1n) is 6.16. The fourth-order valence-electron chi connectivity index (χ4n) is 2.72. The molecule has 1 saturated heterocycles. The van der Waals surface area contributed by atoms with Crippen LogP contribution in [0.25, 0.3) is 0 Å². The van der Waals surface area contributed by atoms with E-state index in [1.165, 1.54) is 18.7 Å². The average molecular weight is 242 g/mol. The Morgan fingerprint density at radius 2 is 1.65 bits per heavy atom. The predicted octanol–water partition coefficient (Wildman–Crippen LogP) is -1.10.